The van der Waals surface area contributed by atoms with Crippen LogP contribution in [0.15, 0.2) is 48.6 Å². The van der Waals surface area contributed by atoms with Gasteiger partial charge in [0.05, 0.1) is 26.4 Å². The zero-order valence-corrected chi connectivity index (χ0v) is 22.3. The minimum atomic E-state index is 0. The summed E-state index contributed by atoms with van der Waals surface area (Å²) in [4.78, 5) is 0. The molecular formula is C24H44Li2MnO4. The van der Waals surface area contributed by atoms with E-state index in [9.17, 15) is 0 Å². The summed E-state index contributed by atoms with van der Waals surface area (Å²) in [6.45, 7) is 2.76. The van der Waals surface area contributed by atoms with Crippen molar-refractivity contribution in [2.45, 2.75) is 51.4 Å². The summed E-state index contributed by atoms with van der Waals surface area (Å²) in [6.07, 6.45) is 28.0. The van der Waals surface area contributed by atoms with Crippen LogP contribution in [0.3, 0.4) is 0 Å². The molecule has 0 atom stereocenters. The van der Waals surface area contributed by atoms with Gasteiger partial charge in [-0.05, 0) is 51.4 Å². The normalized spacial score (nSPS) is 17.9. The van der Waals surface area contributed by atoms with Gasteiger partial charge in [-0.15, -0.1) is 0 Å². The Bertz CT molecular complexity index is 294. The third kappa shape index (κ3) is 48.9. The molecule has 0 saturated carbocycles. The average molecular weight is 465 g/mol. The molecule has 0 aliphatic heterocycles. The molecule has 0 N–H and O–H groups in total. The minimum absolute atomic E-state index is 0. The van der Waals surface area contributed by atoms with E-state index in [2.05, 4.69) is 67.6 Å². The second-order valence-corrected chi connectivity index (χ2v) is 6.17. The Labute approximate surface area is 227 Å². The van der Waals surface area contributed by atoms with E-state index in [4.69, 9.17) is 0 Å². The second-order valence-electron chi connectivity index (χ2n) is 6.17. The summed E-state index contributed by atoms with van der Waals surface area (Å²) in [6, 6.07) is 0. The molecule has 2 aliphatic carbocycles. The van der Waals surface area contributed by atoms with E-state index in [1.165, 1.54) is 51.4 Å². The van der Waals surface area contributed by atoms with Crippen molar-refractivity contribution in [2.24, 2.45) is 0 Å². The van der Waals surface area contributed by atoms with Crippen LogP contribution in [0.5, 0.6) is 0 Å². The Morgan fingerprint density at radius 1 is 0.387 bits per heavy atom. The Morgan fingerprint density at radius 3 is 0.613 bits per heavy atom. The van der Waals surface area contributed by atoms with E-state index in [1.54, 1.807) is 28.4 Å². The van der Waals surface area contributed by atoms with E-state index >= 15 is 0 Å². The first-order valence-corrected chi connectivity index (χ1v) is 10.4. The molecule has 4 nitrogen and oxygen atoms in total. The third-order valence-electron chi connectivity index (χ3n) is 3.65. The molecule has 2 rings (SSSR count). The van der Waals surface area contributed by atoms with Crippen molar-refractivity contribution in [3.8, 4) is 0 Å². The van der Waals surface area contributed by atoms with Crippen molar-refractivity contribution in [2.75, 3.05) is 54.9 Å². The summed E-state index contributed by atoms with van der Waals surface area (Å²) in [5.74, 6) is 0. The van der Waals surface area contributed by atoms with Gasteiger partial charge in [-0.1, -0.05) is 48.6 Å². The van der Waals surface area contributed by atoms with Crippen LogP contribution in [0, 0.1) is 0 Å². The monoisotopic (exact) mass is 465 g/mol. The Kier molecular flexibility index (Phi) is 59.6. The number of hydrogen-bond acceptors (Lipinski definition) is 4. The van der Waals surface area contributed by atoms with Crippen LogP contribution in [-0.4, -0.2) is 92.6 Å². The van der Waals surface area contributed by atoms with E-state index < -0.39 is 0 Å². The quantitative estimate of drug-likeness (QED) is 0.309. The number of allylic oxidation sites excluding steroid dienone is 8. The summed E-state index contributed by atoms with van der Waals surface area (Å²) < 4.78 is 18.6. The molecule has 3 radical (unpaired) electrons. The Balaban J connectivity index is -0.0000000950. The first-order chi connectivity index (χ1) is 13.8. The summed E-state index contributed by atoms with van der Waals surface area (Å²) in [5, 5.41) is 0. The van der Waals surface area contributed by atoms with Gasteiger partial charge < -0.3 is 18.9 Å². The summed E-state index contributed by atoms with van der Waals surface area (Å²) >= 11 is 0. The fourth-order valence-electron chi connectivity index (χ4n) is 2.05. The van der Waals surface area contributed by atoms with Gasteiger partial charge in [-0.3, -0.25) is 0 Å². The largest absolute Gasteiger partial charge is 0.382 e. The molecule has 31 heavy (non-hydrogen) atoms. The van der Waals surface area contributed by atoms with Crippen molar-refractivity contribution in [3.05, 3.63) is 48.6 Å². The first-order valence-electron chi connectivity index (χ1n) is 10.4. The fourth-order valence-corrected chi connectivity index (χ4v) is 2.05. The molecule has 2 aliphatic rings. The van der Waals surface area contributed by atoms with Gasteiger partial charge in [-0.2, -0.15) is 0 Å². The van der Waals surface area contributed by atoms with Gasteiger partial charge in [0, 0.05) is 83.2 Å². The maximum Gasteiger partial charge on any atom is 0.0696 e. The molecule has 173 valence electrons. The maximum absolute atomic E-state index is 4.66. The summed E-state index contributed by atoms with van der Waals surface area (Å²) in [7, 11) is 6.61. The topological polar surface area (TPSA) is 36.9 Å². The van der Waals surface area contributed by atoms with Gasteiger partial charge >= 0.3 is 0 Å². The van der Waals surface area contributed by atoms with Crippen LogP contribution in [0.4, 0.5) is 0 Å². The van der Waals surface area contributed by atoms with Crippen molar-refractivity contribution in [1.82, 2.24) is 0 Å². The van der Waals surface area contributed by atoms with Gasteiger partial charge in [0.25, 0.3) is 0 Å². The molecule has 7 heteroatoms. The molecule has 0 amide bonds. The molecule has 0 spiro atoms. The van der Waals surface area contributed by atoms with Crippen LogP contribution >= 0.6 is 0 Å². The molecule has 0 fully saturated rings. The van der Waals surface area contributed by atoms with Crippen molar-refractivity contribution in [1.29, 1.82) is 0 Å². The Morgan fingerprint density at radius 2 is 0.516 bits per heavy atom. The fraction of sp³-hybridized carbons (Fsp3) is 0.667. The molecule has 0 aromatic rings. The first kappa shape index (κ1) is 41.7. The van der Waals surface area contributed by atoms with Crippen LogP contribution in [-0.2, 0) is 36.0 Å². The third-order valence-corrected chi connectivity index (χ3v) is 3.65. The summed E-state index contributed by atoms with van der Waals surface area (Å²) in [5.41, 5.74) is 0. The van der Waals surface area contributed by atoms with Crippen LogP contribution in [0.25, 0.3) is 0 Å². The van der Waals surface area contributed by atoms with E-state index in [-0.39, 0.29) is 54.8 Å². The average Bonchev–Trinajstić information content (AvgIpc) is 2.65. The van der Waals surface area contributed by atoms with Crippen molar-refractivity contribution in [3.63, 3.8) is 0 Å². The molecule has 0 saturated heterocycles. The standard InChI is InChI=1S/2C8H12.2C4H10O2.2Li.Mn/c2*1-2-4-6-8-7-5-3-1;2*1-5-3-4-6-2;;;/h2*1-2,7-8H,3-6H2;2*3-4H2,1-2H3;;;/b2*2-1-,8-7-;;;;;. The number of ether oxygens (including phenoxy) is 4. The zero-order chi connectivity index (χ0) is 21.0. The molecule has 0 bridgehead atoms. The molecule has 0 aromatic carbocycles. The van der Waals surface area contributed by atoms with Crippen molar-refractivity contribution < 1.29 is 36.0 Å². The molecule has 0 aromatic heterocycles. The van der Waals surface area contributed by atoms with Gasteiger partial charge in [0.1, 0.15) is 0 Å². The number of methoxy groups -OCH3 is 4. The predicted octanol–water partition coefficient (Wildman–Crippen LogP) is 5.14. The SMILES string of the molecule is C1=C\CC/C=C\CC/1.C1=C\CC/C=C\CC/1.COCCOC.COCCOC.[Li].[Li].[Mn]. The number of rotatable bonds is 6. The van der Waals surface area contributed by atoms with E-state index in [1.807, 2.05) is 0 Å². The zero-order valence-electron chi connectivity index (χ0n) is 21.1. The van der Waals surface area contributed by atoms with Gasteiger partial charge in [0.2, 0.25) is 0 Å². The maximum atomic E-state index is 4.66. The molecule has 0 unspecified atom stereocenters. The van der Waals surface area contributed by atoms with E-state index in [0.29, 0.717) is 26.4 Å². The van der Waals surface area contributed by atoms with Gasteiger partial charge in [0.15, 0.2) is 0 Å². The smallest absolute Gasteiger partial charge is 0.0696 e. The van der Waals surface area contributed by atoms with E-state index in [0.717, 1.165) is 0 Å². The van der Waals surface area contributed by atoms with Crippen LogP contribution in [0.1, 0.15) is 51.4 Å². The van der Waals surface area contributed by atoms with Crippen molar-refractivity contribution >= 4 is 37.7 Å². The van der Waals surface area contributed by atoms with Gasteiger partial charge in [-0.25, -0.2) is 0 Å². The second kappa shape index (κ2) is 44.2. The Hall–Kier alpha value is 0.514. The minimum Gasteiger partial charge on any atom is -0.382 e. The number of hydrogen-bond donors (Lipinski definition) is 0. The van der Waals surface area contributed by atoms with Crippen LogP contribution < -0.4 is 0 Å². The predicted molar refractivity (Wildman–Crippen MR) is 133 cm³/mol. The molecular weight excluding hydrogens is 421 g/mol. The molecule has 0 heterocycles. The van der Waals surface area contributed by atoms with Crippen LogP contribution in [0.2, 0.25) is 0 Å².